The summed E-state index contributed by atoms with van der Waals surface area (Å²) in [6, 6.07) is 6.21. The van der Waals surface area contributed by atoms with Crippen LogP contribution < -0.4 is 10.1 Å². The Morgan fingerprint density at radius 1 is 1.20 bits per heavy atom. The SMILES string of the molecule is COC1CCCC(Nc2ccccc2OC(F)(F)F)C1. The third-order valence-corrected chi connectivity index (χ3v) is 3.43. The van der Waals surface area contributed by atoms with Gasteiger partial charge in [-0.05, 0) is 37.8 Å². The van der Waals surface area contributed by atoms with Gasteiger partial charge < -0.3 is 14.8 Å². The Balaban J connectivity index is 2.05. The van der Waals surface area contributed by atoms with E-state index in [2.05, 4.69) is 10.1 Å². The Bertz CT molecular complexity index is 437. The number of para-hydroxylation sites is 2. The molecule has 1 fully saturated rings. The van der Waals surface area contributed by atoms with Crippen molar-refractivity contribution in [1.82, 2.24) is 0 Å². The zero-order valence-electron chi connectivity index (χ0n) is 11.2. The molecule has 3 nitrogen and oxygen atoms in total. The molecule has 6 heteroatoms. The largest absolute Gasteiger partial charge is 0.573 e. The van der Waals surface area contributed by atoms with Gasteiger partial charge in [-0.3, -0.25) is 0 Å². The molecular weight excluding hydrogens is 271 g/mol. The maximum atomic E-state index is 12.3. The van der Waals surface area contributed by atoms with Crippen LogP contribution in [0.5, 0.6) is 5.75 Å². The van der Waals surface area contributed by atoms with Gasteiger partial charge >= 0.3 is 6.36 Å². The van der Waals surface area contributed by atoms with Crippen LogP contribution in [0.25, 0.3) is 0 Å². The zero-order valence-corrected chi connectivity index (χ0v) is 11.2. The van der Waals surface area contributed by atoms with Crippen molar-refractivity contribution >= 4 is 5.69 Å². The fourth-order valence-electron chi connectivity index (χ4n) is 2.51. The lowest BCUT2D eigenvalue weighted by molar-refractivity contribution is -0.274. The summed E-state index contributed by atoms with van der Waals surface area (Å²) in [5.74, 6) is -0.195. The molecule has 2 unspecified atom stereocenters. The number of anilines is 1. The molecule has 0 radical (unpaired) electrons. The van der Waals surface area contributed by atoms with Crippen LogP contribution in [0.15, 0.2) is 24.3 Å². The molecular formula is C14H18F3NO2. The first kappa shape index (κ1) is 15.0. The van der Waals surface area contributed by atoms with Crippen LogP contribution in [0, 0.1) is 0 Å². The molecule has 0 saturated heterocycles. The van der Waals surface area contributed by atoms with E-state index in [1.165, 1.54) is 12.1 Å². The van der Waals surface area contributed by atoms with Crippen LogP contribution in [-0.2, 0) is 4.74 Å². The molecule has 0 bridgehead atoms. The van der Waals surface area contributed by atoms with Crippen molar-refractivity contribution in [1.29, 1.82) is 0 Å². The molecule has 1 aliphatic carbocycles. The van der Waals surface area contributed by atoms with Gasteiger partial charge in [-0.25, -0.2) is 0 Å². The van der Waals surface area contributed by atoms with E-state index in [1.54, 1.807) is 19.2 Å². The number of hydrogen-bond acceptors (Lipinski definition) is 3. The molecule has 20 heavy (non-hydrogen) atoms. The third-order valence-electron chi connectivity index (χ3n) is 3.43. The summed E-state index contributed by atoms with van der Waals surface area (Å²) in [7, 11) is 1.66. The van der Waals surface area contributed by atoms with Gasteiger partial charge in [0.05, 0.1) is 11.8 Å². The summed E-state index contributed by atoms with van der Waals surface area (Å²) in [5, 5.41) is 3.13. The molecule has 1 N–H and O–H groups in total. The highest BCUT2D eigenvalue weighted by molar-refractivity contribution is 5.56. The van der Waals surface area contributed by atoms with Crippen LogP contribution in [-0.4, -0.2) is 25.6 Å². The number of hydrogen-bond donors (Lipinski definition) is 1. The average molecular weight is 289 g/mol. The van der Waals surface area contributed by atoms with Crippen molar-refractivity contribution in [3.8, 4) is 5.75 Å². The molecule has 0 spiro atoms. The predicted molar refractivity (Wildman–Crippen MR) is 69.8 cm³/mol. The Labute approximate surface area is 116 Å². The van der Waals surface area contributed by atoms with Crippen molar-refractivity contribution < 1.29 is 22.6 Å². The molecule has 1 saturated carbocycles. The number of rotatable bonds is 4. The topological polar surface area (TPSA) is 30.5 Å². The van der Waals surface area contributed by atoms with Gasteiger partial charge in [-0.2, -0.15) is 0 Å². The smallest absolute Gasteiger partial charge is 0.404 e. The zero-order chi connectivity index (χ0) is 14.6. The molecule has 1 aromatic carbocycles. The van der Waals surface area contributed by atoms with E-state index in [0.29, 0.717) is 5.69 Å². The first-order valence-corrected chi connectivity index (χ1v) is 6.62. The first-order valence-electron chi connectivity index (χ1n) is 6.62. The van der Waals surface area contributed by atoms with Gasteiger partial charge in [0.1, 0.15) is 0 Å². The maximum Gasteiger partial charge on any atom is 0.573 e. The number of nitrogens with one attached hydrogen (secondary N) is 1. The van der Waals surface area contributed by atoms with Crippen LogP contribution in [0.4, 0.5) is 18.9 Å². The lowest BCUT2D eigenvalue weighted by Crippen LogP contribution is -2.31. The number of benzene rings is 1. The second kappa shape index (κ2) is 6.35. The van der Waals surface area contributed by atoms with Crippen molar-refractivity contribution in [2.45, 2.75) is 44.2 Å². The van der Waals surface area contributed by atoms with E-state index >= 15 is 0 Å². The predicted octanol–water partition coefficient (Wildman–Crippen LogP) is 3.95. The van der Waals surface area contributed by atoms with Gasteiger partial charge in [0.2, 0.25) is 0 Å². The van der Waals surface area contributed by atoms with E-state index in [9.17, 15) is 13.2 Å². The number of ether oxygens (including phenoxy) is 2. The van der Waals surface area contributed by atoms with Gasteiger partial charge in [-0.1, -0.05) is 12.1 Å². The second-order valence-electron chi connectivity index (χ2n) is 4.91. The number of methoxy groups -OCH3 is 1. The first-order chi connectivity index (χ1) is 9.48. The highest BCUT2D eigenvalue weighted by atomic mass is 19.4. The highest BCUT2D eigenvalue weighted by Gasteiger charge is 2.32. The summed E-state index contributed by atoms with van der Waals surface area (Å²) >= 11 is 0. The molecule has 2 atom stereocenters. The summed E-state index contributed by atoms with van der Waals surface area (Å²) in [6.07, 6.45) is -0.818. The average Bonchev–Trinajstić information content (AvgIpc) is 2.40. The lowest BCUT2D eigenvalue weighted by Gasteiger charge is -2.30. The van der Waals surface area contributed by atoms with E-state index in [1.807, 2.05) is 0 Å². The van der Waals surface area contributed by atoms with Gasteiger partial charge in [-0.15, -0.1) is 13.2 Å². The van der Waals surface area contributed by atoms with Gasteiger partial charge in [0.25, 0.3) is 0 Å². The molecule has 1 aliphatic rings. The lowest BCUT2D eigenvalue weighted by atomic mass is 9.92. The molecule has 1 aromatic rings. The van der Waals surface area contributed by atoms with Gasteiger partial charge in [0.15, 0.2) is 5.75 Å². The standard InChI is InChI=1S/C14H18F3NO2/c1-19-11-6-4-5-10(9-11)18-12-7-2-3-8-13(12)20-14(15,16)17/h2-3,7-8,10-11,18H,4-6,9H2,1H3. The Hall–Kier alpha value is -1.43. The second-order valence-corrected chi connectivity index (χ2v) is 4.91. The molecule has 0 aliphatic heterocycles. The normalized spacial score (nSPS) is 23.4. The van der Waals surface area contributed by atoms with Crippen molar-refractivity contribution in [2.75, 3.05) is 12.4 Å². The van der Waals surface area contributed by atoms with Crippen LogP contribution in [0.3, 0.4) is 0 Å². The Kier molecular flexibility index (Phi) is 4.75. The molecule has 2 rings (SSSR count). The van der Waals surface area contributed by atoms with Crippen LogP contribution in [0.2, 0.25) is 0 Å². The quantitative estimate of drug-likeness (QED) is 0.910. The van der Waals surface area contributed by atoms with E-state index in [0.717, 1.165) is 25.7 Å². The monoisotopic (exact) mass is 289 g/mol. The Morgan fingerprint density at radius 3 is 2.65 bits per heavy atom. The molecule has 112 valence electrons. The minimum Gasteiger partial charge on any atom is -0.404 e. The minimum atomic E-state index is -4.68. The van der Waals surface area contributed by atoms with Crippen LogP contribution >= 0.6 is 0 Å². The summed E-state index contributed by atoms with van der Waals surface area (Å²) in [6.45, 7) is 0. The Morgan fingerprint density at radius 2 is 1.95 bits per heavy atom. The third kappa shape index (κ3) is 4.30. The van der Waals surface area contributed by atoms with Gasteiger partial charge in [0, 0.05) is 13.2 Å². The van der Waals surface area contributed by atoms with Crippen LogP contribution in [0.1, 0.15) is 25.7 Å². The van der Waals surface area contributed by atoms with E-state index < -0.39 is 6.36 Å². The van der Waals surface area contributed by atoms with Crippen molar-refractivity contribution in [3.05, 3.63) is 24.3 Å². The van der Waals surface area contributed by atoms with Crippen molar-refractivity contribution in [3.63, 3.8) is 0 Å². The summed E-state index contributed by atoms with van der Waals surface area (Å²) in [5.41, 5.74) is 0.367. The fraction of sp³-hybridized carbons (Fsp3) is 0.571. The molecule has 0 amide bonds. The summed E-state index contributed by atoms with van der Waals surface area (Å²) < 4.78 is 46.4. The van der Waals surface area contributed by atoms with E-state index in [4.69, 9.17) is 4.74 Å². The van der Waals surface area contributed by atoms with Crippen molar-refractivity contribution in [2.24, 2.45) is 0 Å². The summed E-state index contributed by atoms with van der Waals surface area (Å²) in [4.78, 5) is 0. The van der Waals surface area contributed by atoms with E-state index in [-0.39, 0.29) is 17.9 Å². The molecule has 0 heterocycles. The number of halogens is 3. The highest BCUT2D eigenvalue weighted by Crippen LogP contribution is 2.32. The number of alkyl halides is 3. The maximum absolute atomic E-state index is 12.3. The fourth-order valence-corrected chi connectivity index (χ4v) is 2.51. The minimum absolute atomic E-state index is 0.103. The molecule has 0 aromatic heterocycles.